The van der Waals surface area contributed by atoms with Gasteiger partial charge < -0.3 is 10.8 Å². The number of rotatable bonds is 2. The van der Waals surface area contributed by atoms with Crippen LogP contribution < -0.4 is 5.73 Å². The van der Waals surface area contributed by atoms with E-state index in [0.717, 1.165) is 0 Å². The summed E-state index contributed by atoms with van der Waals surface area (Å²) in [6.07, 6.45) is -0.876. The molecule has 0 saturated heterocycles. The molecule has 3 N–H and O–H groups in total. The number of hydrogen-bond acceptors (Lipinski definition) is 2. The lowest BCUT2D eigenvalue weighted by atomic mass is 10.1. The molecule has 1 aromatic rings. The molecule has 0 aliphatic carbocycles. The number of nitrogens with two attached hydrogens (primary N) is 1. The molecule has 0 amide bonds. The van der Waals surface area contributed by atoms with Gasteiger partial charge in [-0.25, -0.2) is 0 Å². The maximum absolute atomic E-state index is 9.46. The largest absolute Gasteiger partial charge is 0.387 e. The van der Waals surface area contributed by atoms with Gasteiger partial charge in [-0.05, 0) is 12.1 Å². The second-order valence-electron chi connectivity index (χ2n) is 2.51. The van der Waals surface area contributed by atoms with Gasteiger partial charge in [0.1, 0.15) is 0 Å². The lowest BCUT2D eigenvalue weighted by Gasteiger charge is -2.12. The smallest absolute Gasteiger partial charge is 0.0941 e. The first-order valence-corrected chi connectivity index (χ1v) is 4.72. The van der Waals surface area contributed by atoms with Crippen LogP contribution in [0.2, 0.25) is 15.1 Å². The highest BCUT2D eigenvalue weighted by Crippen LogP contribution is 2.35. The van der Waals surface area contributed by atoms with Gasteiger partial charge in [0.15, 0.2) is 0 Å². The summed E-state index contributed by atoms with van der Waals surface area (Å²) < 4.78 is 0. The maximum Gasteiger partial charge on any atom is 0.0941 e. The van der Waals surface area contributed by atoms with Crippen LogP contribution in [0.1, 0.15) is 11.7 Å². The minimum Gasteiger partial charge on any atom is -0.387 e. The lowest BCUT2D eigenvalue weighted by Crippen LogP contribution is -2.12. The molecule has 0 saturated carbocycles. The van der Waals surface area contributed by atoms with E-state index in [4.69, 9.17) is 40.5 Å². The van der Waals surface area contributed by atoms with Crippen LogP contribution >= 0.6 is 34.8 Å². The minimum absolute atomic E-state index is 0.0553. The van der Waals surface area contributed by atoms with Crippen molar-refractivity contribution in [2.45, 2.75) is 6.10 Å². The summed E-state index contributed by atoms with van der Waals surface area (Å²) in [5, 5.41) is 10.4. The molecule has 2 nitrogen and oxygen atoms in total. The monoisotopic (exact) mass is 239 g/mol. The highest BCUT2D eigenvalue weighted by atomic mass is 35.5. The Balaban J connectivity index is 3.25. The van der Waals surface area contributed by atoms with E-state index in [1.807, 2.05) is 0 Å². The van der Waals surface area contributed by atoms with Gasteiger partial charge in [-0.1, -0.05) is 34.8 Å². The SMILES string of the molecule is NCC(O)c1c(Cl)ccc(Cl)c1Cl. The molecule has 13 heavy (non-hydrogen) atoms. The molecule has 0 bridgehead atoms. The average molecular weight is 241 g/mol. The fourth-order valence-corrected chi connectivity index (χ4v) is 1.75. The molecule has 1 rings (SSSR count). The standard InChI is InChI=1S/C8H8Cl3NO/c9-4-1-2-5(10)8(11)7(4)6(13)3-12/h1-2,6,13H,3,12H2. The number of halogens is 3. The Morgan fingerprint density at radius 2 is 1.77 bits per heavy atom. The highest BCUT2D eigenvalue weighted by Gasteiger charge is 2.16. The van der Waals surface area contributed by atoms with Crippen molar-refractivity contribution in [2.75, 3.05) is 6.54 Å². The van der Waals surface area contributed by atoms with Crippen LogP contribution in [0.4, 0.5) is 0 Å². The maximum atomic E-state index is 9.46. The second kappa shape index (κ2) is 4.49. The van der Waals surface area contributed by atoms with Crippen LogP contribution in [0.25, 0.3) is 0 Å². The van der Waals surface area contributed by atoms with Gasteiger partial charge in [0, 0.05) is 17.1 Å². The summed E-state index contributed by atoms with van der Waals surface area (Å²) in [6.45, 7) is 0.0553. The zero-order chi connectivity index (χ0) is 10.0. The van der Waals surface area contributed by atoms with Crippen molar-refractivity contribution < 1.29 is 5.11 Å². The summed E-state index contributed by atoms with van der Waals surface area (Å²) in [7, 11) is 0. The fourth-order valence-electron chi connectivity index (χ4n) is 0.966. The molecule has 72 valence electrons. The van der Waals surface area contributed by atoms with E-state index in [1.54, 1.807) is 12.1 Å². The van der Waals surface area contributed by atoms with Crippen LogP contribution in [0.3, 0.4) is 0 Å². The van der Waals surface area contributed by atoms with Gasteiger partial charge in [-0.3, -0.25) is 0 Å². The van der Waals surface area contributed by atoms with Crippen molar-refractivity contribution in [3.8, 4) is 0 Å². The Morgan fingerprint density at radius 1 is 1.23 bits per heavy atom. The van der Waals surface area contributed by atoms with Crippen LogP contribution in [-0.4, -0.2) is 11.7 Å². The Kier molecular flexibility index (Phi) is 3.83. The average Bonchev–Trinajstić information content (AvgIpc) is 2.12. The van der Waals surface area contributed by atoms with Crippen LogP contribution in [0.15, 0.2) is 12.1 Å². The predicted molar refractivity (Wildman–Crippen MR) is 55.5 cm³/mol. The topological polar surface area (TPSA) is 46.2 Å². The molecule has 0 fully saturated rings. The summed E-state index contributed by atoms with van der Waals surface area (Å²) in [6, 6.07) is 3.14. The van der Waals surface area contributed by atoms with Gasteiger partial charge in [-0.2, -0.15) is 0 Å². The van der Waals surface area contributed by atoms with Crippen molar-refractivity contribution in [3.05, 3.63) is 32.8 Å². The first-order valence-electron chi connectivity index (χ1n) is 3.59. The third-order valence-electron chi connectivity index (χ3n) is 1.64. The van der Waals surface area contributed by atoms with E-state index in [0.29, 0.717) is 15.6 Å². The predicted octanol–water partition coefficient (Wildman–Crippen LogP) is 2.64. The molecule has 1 aromatic carbocycles. The zero-order valence-corrected chi connectivity index (χ0v) is 8.87. The highest BCUT2D eigenvalue weighted by molar-refractivity contribution is 6.44. The van der Waals surface area contributed by atoms with Crippen LogP contribution in [0, 0.1) is 0 Å². The lowest BCUT2D eigenvalue weighted by molar-refractivity contribution is 0.187. The third kappa shape index (κ3) is 2.27. The quantitative estimate of drug-likeness (QED) is 0.781. The molecular weight excluding hydrogens is 232 g/mol. The van der Waals surface area contributed by atoms with Gasteiger partial charge in [0.05, 0.1) is 16.1 Å². The van der Waals surface area contributed by atoms with Crippen molar-refractivity contribution in [1.29, 1.82) is 0 Å². The molecule has 0 aromatic heterocycles. The molecule has 0 spiro atoms. The zero-order valence-electron chi connectivity index (χ0n) is 6.60. The number of aliphatic hydroxyl groups is 1. The fraction of sp³-hybridized carbons (Fsp3) is 0.250. The number of hydrogen-bond donors (Lipinski definition) is 2. The molecule has 0 aliphatic rings. The Hall–Kier alpha value is 0.01000. The van der Waals surface area contributed by atoms with Crippen molar-refractivity contribution in [2.24, 2.45) is 5.73 Å². The van der Waals surface area contributed by atoms with E-state index in [9.17, 15) is 5.11 Å². The summed E-state index contributed by atoms with van der Waals surface area (Å²) in [5.41, 5.74) is 5.67. The first kappa shape index (κ1) is 11.1. The van der Waals surface area contributed by atoms with Crippen molar-refractivity contribution in [1.82, 2.24) is 0 Å². The first-order chi connectivity index (χ1) is 6.07. The summed E-state index contributed by atoms with van der Waals surface area (Å²) >= 11 is 17.4. The molecule has 1 unspecified atom stereocenters. The van der Waals surface area contributed by atoms with Crippen molar-refractivity contribution >= 4 is 34.8 Å². The number of benzene rings is 1. The van der Waals surface area contributed by atoms with E-state index in [2.05, 4.69) is 0 Å². The van der Waals surface area contributed by atoms with Gasteiger partial charge in [0.2, 0.25) is 0 Å². The number of aliphatic hydroxyl groups excluding tert-OH is 1. The van der Waals surface area contributed by atoms with E-state index < -0.39 is 6.10 Å². The van der Waals surface area contributed by atoms with E-state index in [-0.39, 0.29) is 11.6 Å². The molecular formula is C8H8Cl3NO. The molecule has 1 atom stereocenters. The molecule has 0 heterocycles. The van der Waals surface area contributed by atoms with Crippen LogP contribution in [-0.2, 0) is 0 Å². The Labute approximate surface area is 91.2 Å². The van der Waals surface area contributed by atoms with Gasteiger partial charge >= 0.3 is 0 Å². The Bertz CT molecular complexity index is 317. The van der Waals surface area contributed by atoms with Crippen molar-refractivity contribution in [3.63, 3.8) is 0 Å². The summed E-state index contributed by atoms with van der Waals surface area (Å²) in [4.78, 5) is 0. The molecule has 5 heteroatoms. The third-order valence-corrected chi connectivity index (χ3v) is 2.78. The molecule has 0 radical (unpaired) electrons. The molecule has 0 aliphatic heterocycles. The van der Waals surface area contributed by atoms with Gasteiger partial charge in [-0.15, -0.1) is 0 Å². The Morgan fingerprint density at radius 3 is 2.31 bits per heavy atom. The normalized spacial score (nSPS) is 13.0. The van der Waals surface area contributed by atoms with Crippen LogP contribution in [0.5, 0.6) is 0 Å². The second-order valence-corrected chi connectivity index (χ2v) is 3.70. The van der Waals surface area contributed by atoms with Gasteiger partial charge in [0.25, 0.3) is 0 Å². The summed E-state index contributed by atoms with van der Waals surface area (Å²) in [5.74, 6) is 0. The van der Waals surface area contributed by atoms with E-state index in [1.165, 1.54) is 0 Å². The van der Waals surface area contributed by atoms with E-state index >= 15 is 0 Å². The minimum atomic E-state index is -0.876.